The molecule has 0 heterocycles. The molecular formula is C14H19N3O2S. The van der Waals surface area contributed by atoms with E-state index in [1.807, 2.05) is 25.1 Å². The number of carbonyl (C=O) groups is 1. The second-order valence-corrected chi connectivity index (χ2v) is 4.60. The molecule has 1 unspecified atom stereocenters. The molecule has 0 bridgehead atoms. The molecule has 0 aliphatic heterocycles. The third-order valence-electron chi connectivity index (χ3n) is 2.38. The van der Waals surface area contributed by atoms with E-state index in [1.54, 1.807) is 19.1 Å². The van der Waals surface area contributed by atoms with Crippen LogP contribution in [0.15, 0.2) is 36.9 Å². The molecule has 1 rings (SSSR count). The maximum Gasteiger partial charge on any atom is 0.279 e. The van der Waals surface area contributed by atoms with Crippen molar-refractivity contribution in [2.24, 2.45) is 0 Å². The van der Waals surface area contributed by atoms with Gasteiger partial charge in [-0.1, -0.05) is 18.2 Å². The molecule has 20 heavy (non-hydrogen) atoms. The number of hydrogen-bond acceptors (Lipinski definition) is 3. The minimum Gasteiger partial charge on any atom is -0.481 e. The van der Waals surface area contributed by atoms with Crippen LogP contribution in [-0.4, -0.2) is 23.7 Å². The van der Waals surface area contributed by atoms with Gasteiger partial charge in [0.1, 0.15) is 5.75 Å². The maximum atomic E-state index is 11.8. The number of rotatable bonds is 5. The Kier molecular flexibility index (Phi) is 6.52. The van der Waals surface area contributed by atoms with Crippen LogP contribution in [0.1, 0.15) is 12.5 Å². The first-order valence-electron chi connectivity index (χ1n) is 6.21. The van der Waals surface area contributed by atoms with Crippen LogP contribution in [0.4, 0.5) is 0 Å². The maximum absolute atomic E-state index is 11.8. The molecule has 0 aliphatic carbocycles. The van der Waals surface area contributed by atoms with Crippen molar-refractivity contribution in [3.05, 3.63) is 42.5 Å². The monoisotopic (exact) mass is 293 g/mol. The highest BCUT2D eigenvalue weighted by atomic mass is 32.1. The lowest BCUT2D eigenvalue weighted by Crippen LogP contribution is -2.50. The summed E-state index contributed by atoms with van der Waals surface area (Å²) in [4.78, 5) is 11.8. The molecule has 1 aromatic rings. The summed E-state index contributed by atoms with van der Waals surface area (Å²) in [6.07, 6.45) is 1.03. The predicted octanol–water partition coefficient (Wildman–Crippen LogP) is 1.44. The molecule has 5 nitrogen and oxygen atoms in total. The summed E-state index contributed by atoms with van der Waals surface area (Å²) < 4.78 is 5.54. The summed E-state index contributed by atoms with van der Waals surface area (Å²) in [6, 6.07) is 7.51. The Labute approximate surface area is 124 Å². The molecule has 108 valence electrons. The molecule has 1 amide bonds. The summed E-state index contributed by atoms with van der Waals surface area (Å²) >= 11 is 4.95. The molecule has 0 saturated carbocycles. The van der Waals surface area contributed by atoms with Gasteiger partial charge in [0, 0.05) is 6.54 Å². The van der Waals surface area contributed by atoms with Gasteiger partial charge < -0.3 is 10.1 Å². The van der Waals surface area contributed by atoms with Gasteiger partial charge in [-0.05, 0) is 43.8 Å². The van der Waals surface area contributed by atoms with Crippen molar-refractivity contribution in [2.45, 2.75) is 20.0 Å². The minimum absolute atomic E-state index is 0.311. The normalized spacial score (nSPS) is 11.1. The number of hydrazine groups is 1. The van der Waals surface area contributed by atoms with Gasteiger partial charge in [-0.2, -0.15) is 0 Å². The van der Waals surface area contributed by atoms with Crippen LogP contribution in [-0.2, 0) is 4.79 Å². The van der Waals surface area contributed by atoms with Gasteiger partial charge in [0.15, 0.2) is 11.2 Å². The Hall–Kier alpha value is -2.08. The van der Waals surface area contributed by atoms with E-state index in [9.17, 15) is 4.79 Å². The van der Waals surface area contributed by atoms with Gasteiger partial charge in [-0.25, -0.2) is 0 Å². The lowest BCUT2D eigenvalue weighted by molar-refractivity contribution is -0.127. The molecule has 1 aromatic carbocycles. The number of carbonyl (C=O) groups excluding carboxylic acids is 1. The Morgan fingerprint density at radius 1 is 1.50 bits per heavy atom. The third-order valence-corrected chi connectivity index (χ3v) is 2.62. The average Bonchev–Trinajstić information content (AvgIpc) is 2.42. The van der Waals surface area contributed by atoms with Crippen LogP contribution < -0.4 is 20.9 Å². The fourth-order valence-electron chi connectivity index (χ4n) is 1.38. The smallest absolute Gasteiger partial charge is 0.279 e. The largest absolute Gasteiger partial charge is 0.481 e. The molecule has 0 spiro atoms. The van der Waals surface area contributed by atoms with Crippen LogP contribution in [0.2, 0.25) is 0 Å². The zero-order valence-electron chi connectivity index (χ0n) is 11.6. The highest BCUT2D eigenvalue weighted by Crippen LogP contribution is 2.13. The topological polar surface area (TPSA) is 62.4 Å². The zero-order valence-corrected chi connectivity index (χ0v) is 12.4. The molecular weight excluding hydrogens is 274 g/mol. The predicted molar refractivity (Wildman–Crippen MR) is 83.3 cm³/mol. The van der Waals surface area contributed by atoms with Gasteiger partial charge in [-0.15, -0.1) is 6.58 Å². The van der Waals surface area contributed by atoms with Crippen molar-refractivity contribution < 1.29 is 9.53 Å². The highest BCUT2D eigenvalue weighted by molar-refractivity contribution is 7.80. The molecule has 6 heteroatoms. The van der Waals surface area contributed by atoms with Crippen LogP contribution in [0.3, 0.4) is 0 Å². The average molecular weight is 293 g/mol. The quantitative estimate of drug-likeness (QED) is 0.436. The van der Waals surface area contributed by atoms with E-state index in [0.717, 1.165) is 5.56 Å². The molecule has 0 aromatic heterocycles. The van der Waals surface area contributed by atoms with Crippen LogP contribution in [0.25, 0.3) is 0 Å². The lowest BCUT2D eigenvalue weighted by Gasteiger charge is -2.16. The first-order valence-corrected chi connectivity index (χ1v) is 6.61. The number of nitrogens with one attached hydrogen (secondary N) is 3. The van der Waals surface area contributed by atoms with E-state index in [1.165, 1.54) is 0 Å². The molecule has 0 aliphatic rings. The number of amides is 1. The highest BCUT2D eigenvalue weighted by Gasteiger charge is 2.14. The zero-order chi connectivity index (χ0) is 15.0. The summed E-state index contributed by atoms with van der Waals surface area (Å²) in [6.45, 7) is 7.71. The van der Waals surface area contributed by atoms with Crippen molar-refractivity contribution in [1.82, 2.24) is 16.2 Å². The number of hydrogen-bond donors (Lipinski definition) is 3. The van der Waals surface area contributed by atoms with Crippen LogP contribution >= 0.6 is 12.2 Å². The van der Waals surface area contributed by atoms with E-state index in [-0.39, 0.29) is 5.91 Å². The second kappa shape index (κ2) is 8.16. The van der Waals surface area contributed by atoms with Crippen molar-refractivity contribution in [2.75, 3.05) is 6.54 Å². The number of benzene rings is 1. The molecule has 0 saturated heterocycles. The SMILES string of the molecule is C=CCNC(=S)NNC(=O)C(C)Oc1cccc(C)c1. The first-order chi connectivity index (χ1) is 9.52. The first kappa shape index (κ1) is 16.0. The van der Waals surface area contributed by atoms with Crippen LogP contribution in [0, 0.1) is 6.92 Å². The third kappa shape index (κ3) is 5.71. The van der Waals surface area contributed by atoms with E-state index >= 15 is 0 Å². The molecule has 3 N–H and O–H groups in total. The van der Waals surface area contributed by atoms with Crippen molar-refractivity contribution >= 4 is 23.2 Å². The summed E-state index contributed by atoms with van der Waals surface area (Å²) in [5, 5.41) is 3.15. The standard InChI is InChI=1S/C14H19N3O2S/c1-4-8-15-14(20)17-16-13(18)11(3)19-12-7-5-6-10(2)9-12/h4-7,9,11H,1,8H2,2-3H3,(H,16,18)(H2,15,17,20). The summed E-state index contributed by atoms with van der Waals surface area (Å²) in [5.74, 6) is 0.342. The lowest BCUT2D eigenvalue weighted by atomic mass is 10.2. The number of thiocarbonyl (C=S) groups is 1. The van der Waals surface area contributed by atoms with E-state index in [0.29, 0.717) is 17.4 Å². The molecule has 0 fully saturated rings. The van der Waals surface area contributed by atoms with E-state index in [4.69, 9.17) is 17.0 Å². The fourth-order valence-corrected chi connectivity index (χ4v) is 1.51. The van der Waals surface area contributed by atoms with Crippen molar-refractivity contribution in [1.29, 1.82) is 0 Å². The second-order valence-electron chi connectivity index (χ2n) is 4.19. The Bertz CT molecular complexity index is 491. The Morgan fingerprint density at radius 2 is 2.25 bits per heavy atom. The van der Waals surface area contributed by atoms with Crippen LogP contribution in [0.5, 0.6) is 5.75 Å². The number of ether oxygens (including phenoxy) is 1. The Balaban J connectivity index is 2.39. The molecule has 1 atom stereocenters. The van der Waals surface area contributed by atoms with Gasteiger partial charge in [-0.3, -0.25) is 15.6 Å². The summed E-state index contributed by atoms with van der Waals surface area (Å²) in [5.41, 5.74) is 6.13. The fraction of sp³-hybridized carbons (Fsp3) is 0.286. The van der Waals surface area contributed by atoms with Crippen molar-refractivity contribution in [3.63, 3.8) is 0 Å². The number of aryl methyl sites for hydroxylation is 1. The molecule has 0 radical (unpaired) electrons. The Morgan fingerprint density at radius 3 is 2.90 bits per heavy atom. The van der Waals surface area contributed by atoms with Gasteiger partial charge in [0.25, 0.3) is 5.91 Å². The van der Waals surface area contributed by atoms with E-state index in [2.05, 4.69) is 22.7 Å². The van der Waals surface area contributed by atoms with Gasteiger partial charge in [0.05, 0.1) is 0 Å². The minimum atomic E-state index is -0.633. The summed E-state index contributed by atoms with van der Waals surface area (Å²) in [7, 11) is 0. The van der Waals surface area contributed by atoms with E-state index < -0.39 is 6.10 Å². The van der Waals surface area contributed by atoms with Gasteiger partial charge >= 0.3 is 0 Å². The van der Waals surface area contributed by atoms with Crippen molar-refractivity contribution in [3.8, 4) is 5.75 Å². The van der Waals surface area contributed by atoms with Gasteiger partial charge in [0.2, 0.25) is 0 Å².